The standard InChI is InChI=1S/C10H24N2O2/c1-8(9(2)11)5-12-6-10(14-4)7-13-3/h8-10,12H,5-7,11H2,1-4H3. The summed E-state index contributed by atoms with van der Waals surface area (Å²) in [5.74, 6) is 0.482. The van der Waals surface area contributed by atoms with Crippen LogP contribution in [0.15, 0.2) is 0 Å². The van der Waals surface area contributed by atoms with Crippen LogP contribution >= 0.6 is 0 Å². The highest BCUT2D eigenvalue weighted by atomic mass is 16.5. The van der Waals surface area contributed by atoms with Crippen molar-refractivity contribution in [3.8, 4) is 0 Å². The van der Waals surface area contributed by atoms with Gasteiger partial charge in [-0.05, 0) is 19.4 Å². The Kier molecular flexibility index (Phi) is 8.08. The third-order valence-electron chi connectivity index (χ3n) is 2.42. The summed E-state index contributed by atoms with van der Waals surface area (Å²) < 4.78 is 10.2. The number of nitrogens with one attached hydrogen (secondary N) is 1. The molecule has 0 aliphatic heterocycles. The molecule has 0 fully saturated rings. The van der Waals surface area contributed by atoms with Crippen LogP contribution < -0.4 is 11.1 Å². The molecule has 0 heterocycles. The van der Waals surface area contributed by atoms with Crippen molar-refractivity contribution in [1.29, 1.82) is 0 Å². The van der Waals surface area contributed by atoms with Gasteiger partial charge in [0.15, 0.2) is 0 Å². The van der Waals surface area contributed by atoms with Crippen LogP contribution in [0, 0.1) is 5.92 Å². The number of hydrogen-bond donors (Lipinski definition) is 2. The van der Waals surface area contributed by atoms with Crippen LogP contribution in [0.2, 0.25) is 0 Å². The van der Waals surface area contributed by atoms with Gasteiger partial charge in [-0.2, -0.15) is 0 Å². The molecule has 3 atom stereocenters. The second-order valence-electron chi connectivity index (χ2n) is 3.81. The monoisotopic (exact) mass is 204 g/mol. The Hall–Kier alpha value is -0.160. The van der Waals surface area contributed by atoms with E-state index in [2.05, 4.69) is 12.2 Å². The molecule has 0 rings (SSSR count). The predicted molar refractivity (Wildman–Crippen MR) is 58.4 cm³/mol. The highest BCUT2D eigenvalue weighted by molar-refractivity contribution is 4.68. The summed E-state index contributed by atoms with van der Waals surface area (Å²) in [5.41, 5.74) is 5.75. The lowest BCUT2D eigenvalue weighted by molar-refractivity contribution is 0.0285. The summed E-state index contributed by atoms with van der Waals surface area (Å²) in [6.07, 6.45) is 0.125. The Morgan fingerprint density at radius 2 is 1.86 bits per heavy atom. The van der Waals surface area contributed by atoms with Gasteiger partial charge in [0.05, 0.1) is 12.7 Å². The molecule has 0 aliphatic carbocycles. The van der Waals surface area contributed by atoms with Crippen molar-refractivity contribution < 1.29 is 9.47 Å². The van der Waals surface area contributed by atoms with Gasteiger partial charge in [-0.15, -0.1) is 0 Å². The zero-order chi connectivity index (χ0) is 11.0. The number of hydrogen-bond acceptors (Lipinski definition) is 4. The molecule has 0 aromatic rings. The molecule has 4 nitrogen and oxygen atoms in total. The van der Waals surface area contributed by atoms with Gasteiger partial charge < -0.3 is 20.5 Å². The third kappa shape index (κ3) is 6.32. The van der Waals surface area contributed by atoms with Crippen LogP contribution in [0.3, 0.4) is 0 Å². The molecule has 0 amide bonds. The molecule has 0 aromatic heterocycles. The lowest BCUT2D eigenvalue weighted by atomic mass is 10.1. The lowest BCUT2D eigenvalue weighted by Crippen LogP contribution is -2.38. The minimum absolute atomic E-state index is 0.125. The average molecular weight is 204 g/mol. The third-order valence-corrected chi connectivity index (χ3v) is 2.42. The Morgan fingerprint density at radius 1 is 1.21 bits per heavy atom. The van der Waals surface area contributed by atoms with Crippen molar-refractivity contribution in [2.75, 3.05) is 33.9 Å². The first-order valence-corrected chi connectivity index (χ1v) is 5.09. The summed E-state index contributed by atoms with van der Waals surface area (Å²) in [5, 5.41) is 3.32. The molecule has 0 saturated heterocycles. The molecule has 0 radical (unpaired) electrons. The Labute approximate surface area is 87.1 Å². The Bertz CT molecular complexity index is 131. The highest BCUT2D eigenvalue weighted by Crippen LogP contribution is 1.97. The van der Waals surface area contributed by atoms with E-state index in [0.29, 0.717) is 12.5 Å². The summed E-state index contributed by atoms with van der Waals surface area (Å²) in [4.78, 5) is 0. The van der Waals surface area contributed by atoms with E-state index in [9.17, 15) is 0 Å². The van der Waals surface area contributed by atoms with Crippen LogP contribution in [0.1, 0.15) is 13.8 Å². The molecule has 0 aliphatic rings. The van der Waals surface area contributed by atoms with Gasteiger partial charge in [0.25, 0.3) is 0 Å². The van der Waals surface area contributed by atoms with Crippen LogP contribution in [-0.4, -0.2) is 46.1 Å². The molecule has 14 heavy (non-hydrogen) atoms. The molecule has 3 N–H and O–H groups in total. The fraction of sp³-hybridized carbons (Fsp3) is 1.00. The summed E-state index contributed by atoms with van der Waals surface area (Å²) in [6, 6.07) is 0.228. The SMILES string of the molecule is COCC(CNCC(C)C(C)N)OC. The highest BCUT2D eigenvalue weighted by Gasteiger charge is 2.09. The van der Waals surface area contributed by atoms with Crippen molar-refractivity contribution in [2.45, 2.75) is 26.0 Å². The van der Waals surface area contributed by atoms with Crippen molar-refractivity contribution in [3.63, 3.8) is 0 Å². The first kappa shape index (κ1) is 13.8. The van der Waals surface area contributed by atoms with Crippen molar-refractivity contribution in [3.05, 3.63) is 0 Å². The van der Waals surface area contributed by atoms with E-state index in [0.717, 1.165) is 13.1 Å². The normalized spacial score (nSPS) is 17.8. The van der Waals surface area contributed by atoms with Crippen molar-refractivity contribution in [1.82, 2.24) is 5.32 Å². The van der Waals surface area contributed by atoms with Gasteiger partial charge in [0, 0.05) is 26.8 Å². The minimum Gasteiger partial charge on any atom is -0.382 e. The van der Waals surface area contributed by atoms with Gasteiger partial charge in [-0.1, -0.05) is 6.92 Å². The van der Waals surface area contributed by atoms with E-state index in [4.69, 9.17) is 15.2 Å². The molecule has 86 valence electrons. The van der Waals surface area contributed by atoms with E-state index in [-0.39, 0.29) is 12.1 Å². The number of ether oxygens (including phenoxy) is 2. The number of rotatable bonds is 8. The van der Waals surface area contributed by atoms with Crippen molar-refractivity contribution in [2.24, 2.45) is 11.7 Å². The first-order valence-electron chi connectivity index (χ1n) is 5.09. The predicted octanol–water partition coefficient (Wildman–Crippen LogP) is 0.221. The van der Waals surface area contributed by atoms with E-state index in [1.54, 1.807) is 14.2 Å². The Balaban J connectivity index is 3.50. The van der Waals surface area contributed by atoms with Gasteiger partial charge in [0.2, 0.25) is 0 Å². The van der Waals surface area contributed by atoms with Gasteiger partial charge in [-0.3, -0.25) is 0 Å². The molecule has 4 heteroatoms. The molecular weight excluding hydrogens is 180 g/mol. The smallest absolute Gasteiger partial charge is 0.0928 e. The summed E-state index contributed by atoms with van der Waals surface area (Å²) >= 11 is 0. The van der Waals surface area contributed by atoms with Gasteiger partial charge in [-0.25, -0.2) is 0 Å². The fourth-order valence-corrected chi connectivity index (χ4v) is 1.05. The lowest BCUT2D eigenvalue weighted by Gasteiger charge is -2.19. The fourth-order valence-electron chi connectivity index (χ4n) is 1.05. The zero-order valence-corrected chi connectivity index (χ0v) is 9.75. The number of methoxy groups -OCH3 is 2. The first-order chi connectivity index (χ1) is 6.61. The molecule has 0 aromatic carbocycles. The quantitative estimate of drug-likeness (QED) is 0.594. The largest absolute Gasteiger partial charge is 0.382 e. The van der Waals surface area contributed by atoms with Gasteiger partial charge >= 0.3 is 0 Å². The maximum atomic E-state index is 5.75. The second kappa shape index (κ2) is 8.17. The van der Waals surface area contributed by atoms with Crippen LogP contribution in [0.25, 0.3) is 0 Å². The topological polar surface area (TPSA) is 56.5 Å². The zero-order valence-electron chi connectivity index (χ0n) is 9.75. The summed E-state index contributed by atoms with van der Waals surface area (Å²) in [7, 11) is 3.37. The van der Waals surface area contributed by atoms with Gasteiger partial charge in [0.1, 0.15) is 0 Å². The molecule has 0 spiro atoms. The average Bonchev–Trinajstić information content (AvgIpc) is 2.16. The van der Waals surface area contributed by atoms with E-state index < -0.39 is 0 Å². The molecule has 0 bridgehead atoms. The summed E-state index contributed by atoms with van der Waals surface area (Å²) in [6.45, 7) is 6.50. The molecular formula is C10H24N2O2. The maximum absolute atomic E-state index is 5.75. The number of nitrogens with two attached hydrogens (primary N) is 1. The van der Waals surface area contributed by atoms with Crippen molar-refractivity contribution >= 4 is 0 Å². The van der Waals surface area contributed by atoms with Crippen LogP contribution in [0.5, 0.6) is 0 Å². The van der Waals surface area contributed by atoms with Crippen LogP contribution in [0.4, 0.5) is 0 Å². The molecule has 0 saturated carbocycles. The van der Waals surface area contributed by atoms with E-state index in [1.807, 2.05) is 6.92 Å². The Morgan fingerprint density at radius 3 is 2.29 bits per heavy atom. The minimum atomic E-state index is 0.125. The maximum Gasteiger partial charge on any atom is 0.0928 e. The van der Waals surface area contributed by atoms with E-state index >= 15 is 0 Å². The van der Waals surface area contributed by atoms with E-state index in [1.165, 1.54) is 0 Å². The van der Waals surface area contributed by atoms with Crippen LogP contribution in [-0.2, 0) is 9.47 Å². The molecule has 3 unspecified atom stereocenters. The second-order valence-corrected chi connectivity index (χ2v) is 3.81.